The number of nitrogens with one attached hydrogen (secondary N) is 1. The minimum Gasteiger partial charge on any atom is -0.385 e. The summed E-state index contributed by atoms with van der Waals surface area (Å²) in [5.41, 5.74) is 4.46. The number of H-pyrrole nitrogens is 1. The van der Waals surface area contributed by atoms with Crippen molar-refractivity contribution in [2.24, 2.45) is 0 Å². The van der Waals surface area contributed by atoms with Crippen LogP contribution in [0.1, 0.15) is 47.3 Å². The predicted octanol–water partition coefficient (Wildman–Crippen LogP) is 3.56. The van der Waals surface area contributed by atoms with Crippen molar-refractivity contribution in [3.63, 3.8) is 0 Å². The van der Waals surface area contributed by atoms with E-state index in [-0.39, 0.29) is 11.9 Å². The second kappa shape index (κ2) is 7.67. The van der Waals surface area contributed by atoms with E-state index in [1.807, 2.05) is 18.3 Å². The summed E-state index contributed by atoms with van der Waals surface area (Å²) in [6, 6.07) is 8.86. The zero-order chi connectivity index (χ0) is 19.8. The lowest BCUT2D eigenvalue weighted by atomic mass is 9.91. The predicted molar refractivity (Wildman–Crippen MR) is 112 cm³/mol. The van der Waals surface area contributed by atoms with Gasteiger partial charge in [-0.05, 0) is 62.3 Å². The van der Waals surface area contributed by atoms with Crippen molar-refractivity contribution >= 4 is 16.8 Å². The molecule has 2 heterocycles. The Morgan fingerprint density at radius 2 is 2.17 bits per heavy atom. The molecule has 0 bridgehead atoms. The van der Waals surface area contributed by atoms with Crippen molar-refractivity contribution in [2.45, 2.75) is 57.2 Å². The van der Waals surface area contributed by atoms with Gasteiger partial charge in [-0.3, -0.25) is 9.89 Å². The van der Waals surface area contributed by atoms with Crippen LogP contribution in [0, 0.1) is 0 Å². The molecule has 1 N–H and O–H groups in total. The van der Waals surface area contributed by atoms with E-state index in [9.17, 15) is 4.79 Å². The average Bonchev–Trinajstić information content (AvgIpc) is 3.30. The molecule has 3 aromatic rings. The van der Waals surface area contributed by atoms with Gasteiger partial charge in [0.2, 0.25) is 0 Å². The highest BCUT2D eigenvalue weighted by molar-refractivity contribution is 6.07. The largest absolute Gasteiger partial charge is 0.385 e. The summed E-state index contributed by atoms with van der Waals surface area (Å²) in [7, 11) is 1.73. The fourth-order valence-corrected chi connectivity index (χ4v) is 4.74. The molecule has 1 amide bonds. The summed E-state index contributed by atoms with van der Waals surface area (Å²) in [6.45, 7) is 1.64. The molecule has 0 saturated heterocycles. The molecule has 5 rings (SSSR count). The van der Waals surface area contributed by atoms with E-state index >= 15 is 0 Å². The van der Waals surface area contributed by atoms with Gasteiger partial charge in [0.05, 0.1) is 6.20 Å². The van der Waals surface area contributed by atoms with Gasteiger partial charge in [0.1, 0.15) is 0 Å². The molecule has 1 atom stereocenters. The number of methoxy groups -OCH3 is 1. The number of amides is 1. The van der Waals surface area contributed by atoms with Crippen molar-refractivity contribution in [3.05, 3.63) is 53.5 Å². The van der Waals surface area contributed by atoms with Crippen LogP contribution in [0.25, 0.3) is 10.9 Å². The van der Waals surface area contributed by atoms with Crippen molar-refractivity contribution < 1.29 is 9.53 Å². The first-order valence-corrected chi connectivity index (χ1v) is 10.7. The van der Waals surface area contributed by atoms with E-state index in [1.54, 1.807) is 7.11 Å². The van der Waals surface area contributed by atoms with Crippen LogP contribution in [-0.2, 0) is 24.1 Å². The number of carbonyl (C=O) groups excluding carboxylic acids is 1. The highest BCUT2D eigenvalue weighted by Crippen LogP contribution is 2.35. The molecule has 152 valence electrons. The Morgan fingerprint density at radius 3 is 3.00 bits per heavy atom. The van der Waals surface area contributed by atoms with Crippen LogP contribution in [0.4, 0.5) is 0 Å². The zero-order valence-corrected chi connectivity index (χ0v) is 16.9. The van der Waals surface area contributed by atoms with Gasteiger partial charge >= 0.3 is 0 Å². The second-order valence-corrected chi connectivity index (χ2v) is 8.31. The average molecular weight is 393 g/mol. The SMILES string of the molecule is COCCCn1ccc2c(C(=O)N(C3CC3)C3CCc4[nH]ncc4C3)cccc21. The monoisotopic (exact) mass is 392 g/mol. The number of benzene rings is 1. The van der Waals surface area contributed by atoms with E-state index in [1.165, 1.54) is 11.3 Å². The maximum Gasteiger partial charge on any atom is 0.255 e. The Labute approximate surface area is 170 Å². The summed E-state index contributed by atoms with van der Waals surface area (Å²) in [5.74, 6) is 0.185. The lowest BCUT2D eigenvalue weighted by molar-refractivity contribution is 0.0645. The van der Waals surface area contributed by atoms with Gasteiger partial charge in [-0.25, -0.2) is 0 Å². The molecule has 1 saturated carbocycles. The Hall–Kier alpha value is -2.60. The Balaban J connectivity index is 1.43. The highest BCUT2D eigenvalue weighted by atomic mass is 16.5. The molecule has 6 heteroatoms. The van der Waals surface area contributed by atoms with Crippen LogP contribution >= 0.6 is 0 Å². The minimum absolute atomic E-state index is 0.185. The summed E-state index contributed by atoms with van der Waals surface area (Å²) in [4.78, 5) is 15.9. The van der Waals surface area contributed by atoms with E-state index in [4.69, 9.17) is 4.74 Å². The van der Waals surface area contributed by atoms with Crippen LogP contribution in [0.3, 0.4) is 0 Å². The van der Waals surface area contributed by atoms with Crippen molar-refractivity contribution in [1.82, 2.24) is 19.7 Å². The zero-order valence-electron chi connectivity index (χ0n) is 16.9. The summed E-state index contributed by atoms with van der Waals surface area (Å²) >= 11 is 0. The van der Waals surface area contributed by atoms with Gasteiger partial charge in [0.25, 0.3) is 5.91 Å². The topological polar surface area (TPSA) is 63.1 Å². The molecule has 2 aliphatic rings. The van der Waals surface area contributed by atoms with Crippen molar-refractivity contribution in [2.75, 3.05) is 13.7 Å². The lowest BCUT2D eigenvalue weighted by Crippen LogP contribution is -2.44. The highest BCUT2D eigenvalue weighted by Gasteiger charge is 2.39. The van der Waals surface area contributed by atoms with Gasteiger partial charge in [-0.1, -0.05) is 6.07 Å². The Kier molecular flexibility index (Phi) is 4.87. The number of rotatable bonds is 7. The molecule has 6 nitrogen and oxygen atoms in total. The van der Waals surface area contributed by atoms with E-state index in [0.29, 0.717) is 6.04 Å². The number of hydrogen-bond donors (Lipinski definition) is 1. The standard InChI is InChI=1S/C23H28N4O2/c1-29-13-3-11-26-12-10-19-20(4-2-5-22(19)26)23(28)27(17-6-7-17)18-8-9-21-16(14-18)15-24-25-21/h2,4-5,10,12,15,17-18H,3,6-9,11,13-14H2,1H3,(H,24,25). The third-order valence-corrected chi connectivity index (χ3v) is 6.35. The molecule has 0 radical (unpaired) electrons. The van der Waals surface area contributed by atoms with Crippen molar-refractivity contribution in [1.29, 1.82) is 0 Å². The number of ether oxygens (including phenoxy) is 1. The summed E-state index contributed by atoms with van der Waals surface area (Å²) in [6.07, 6.45) is 10.1. The molecule has 2 aliphatic carbocycles. The van der Waals surface area contributed by atoms with Crippen LogP contribution in [0.2, 0.25) is 0 Å². The minimum atomic E-state index is 0.185. The smallest absolute Gasteiger partial charge is 0.255 e. The molecule has 0 spiro atoms. The third-order valence-electron chi connectivity index (χ3n) is 6.35. The van der Waals surface area contributed by atoms with E-state index in [0.717, 1.165) is 68.1 Å². The second-order valence-electron chi connectivity index (χ2n) is 8.31. The first-order valence-electron chi connectivity index (χ1n) is 10.7. The number of aromatic amines is 1. The number of carbonyl (C=O) groups is 1. The molecule has 1 aromatic carbocycles. The molecule has 1 fully saturated rings. The number of fused-ring (bicyclic) bond motifs is 2. The van der Waals surface area contributed by atoms with Crippen LogP contribution in [0.5, 0.6) is 0 Å². The summed E-state index contributed by atoms with van der Waals surface area (Å²) < 4.78 is 7.41. The van der Waals surface area contributed by atoms with Gasteiger partial charge in [-0.15, -0.1) is 0 Å². The van der Waals surface area contributed by atoms with Crippen LogP contribution in [0.15, 0.2) is 36.7 Å². The van der Waals surface area contributed by atoms with E-state index < -0.39 is 0 Å². The Morgan fingerprint density at radius 1 is 1.28 bits per heavy atom. The fraction of sp³-hybridized carbons (Fsp3) is 0.478. The maximum atomic E-state index is 13.7. The van der Waals surface area contributed by atoms with Crippen LogP contribution in [-0.4, -0.2) is 51.4 Å². The van der Waals surface area contributed by atoms with Gasteiger partial charge in [0, 0.05) is 60.7 Å². The number of aromatic nitrogens is 3. The molecule has 0 aliphatic heterocycles. The van der Waals surface area contributed by atoms with Gasteiger partial charge in [0.15, 0.2) is 0 Å². The molecule has 29 heavy (non-hydrogen) atoms. The first kappa shape index (κ1) is 18.4. The number of hydrogen-bond acceptors (Lipinski definition) is 3. The lowest BCUT2D eigenvalue weighted by Gasteiger charge is -2.34. The first-order chi connectivity index (χ1) is 14.3. The maximum absolute atomic E-state index is 13.7. The van der Waals surface area contributed by atoms with Gasteiger partial charge in [-0.2, -0.15) is 5.10 Å². The van der Waals surface area contributed by atoms with E-state index in [2.05, 4.69) is 38.0 Å². The Bertz CT molecular complexity index is 1020. The number of nitrogens with zero attached hydrogens (tertiary/aromatic N) is 3. The van der Waals surface area contributed by atoms with Crippen molar-refractivity contribution in [3.8, 4) is 0 Å². The third kappa shape index (κ3) is 3.46. The van der Waals surface area contributed by atoms with Gasteiger partial charge < -0.3 is 14.2 Å². The fourth-order valence-electron chi connectivity index (χ4n) is 4.74. The molecular formula is C23H28N4O2. The molecule has 1 unspecified atom stereocenters. The normalized spacial score (nSPS) is 18.7. The summed E-state index contributed by atoms with van der Waals surface area (Å²) in [5, 5.41) is 8.36. The number of aryl methyl sites for hydroxylation is 2. The van der Waals surface area contributed by atoms with Crippen LogP contribution < -0.4 is 0 Å². The molecular weight excluding hydrogens is 364 g/mol. The molecule has 2 aromatic heterocycles. The quantitative estimate of drug-likeness (QED) is 0.626.